The van der Waals surface area contributed by atoms with E-state index >= 15 is 0 Å². The number of imide groups is 2. The third-order valence-corrected chi connectivity index (χ3v) is 11.6. The third-order valence-electron chi connectivity index (χ3n) is 11.6. The normalized spacial score (nSPS) is 22.3. The van der Waals surface area contributed by atoms with Gasteiger partial charge in [-0.3, -0.25) is 44.3 Å². The molecule has 5 aliphatic rings. The molecule has 1 atom stereocenters. The smallest absolute Gasteiger partial charge is 0.262 e. The Morgan fingerprint density at radius 1 is 0.808 bits per heavy atom. The number of fused-ring (bicyclic) bond motifs is 2. The lowest BCUT2D eigenvalue weighted by molar-refractivity contribution is -0.136. The minimum atomic E-state index is -0.952. The van der Waals surface area contributed by atoms with Gasteiger partial charge in [0.05, 0.1) is 16.6 Å². The summed E-state index contributed by atoms with van der Waals surface area (Å²) in [5.41, 5.74) is 11.2. The van der Waals surface area contributed by atoms with Gasteiger partial charge in [-0.1, -0.05) is 0 Å². The van der Waals surface area contributed by atoms with E-state index in [1.807, 2.05) is 36.5 Å². The first kappa shape index (κ1) is 32.6. The van der Waals surface area contributed by atoms with Crippen molar-refractivity contribution < 1.29 is 19.2 Å². The minimum Gasteiger partial charge on any atom is -0.399 e. The van der Waals surface area contributed by atoms with Crippen LogP contribution in [0.1, 0.15) is 46.4 Å². The van der Waals surface area contributed by atoms with Crippen LogP contribution in [0.5, 0.6) is 0 Å². The Morgan fingerprint density at radius 3 is 2.38 bits per heavy atom. The lowest BCUT2D eigenvalue weighted by Gasteiger charge is -2.49. The predicted octanol–water partition coefficient (Wildman–Crippen LogP) is 2.33. The van der Waals surface area contributed by atoms with Crippen molar-refractivity contribution in [1.82, 2.24) is 35.2 Å². The van der Waals surface area contributed by atoms with Crippen LogP contribution in [0, 0.1) is 5.92 Å². The molecule has 0 saturated carbocycles. The number of nitrogens with zero attached hydrogens (tertiary/aromatic N) is 7. The number of pyridine rings is 1. The van der Waals surface area contributed by atoms with Crippen LogP contribution in [0.4, 0.5) is 17.2 Å². The van der Waals surface area contributed by atoms with Crippen molar-refractivity contribution in [2.45, 2.75) is 37.8 Å². The molecule has 268 valence electrons. The molecule has 4 amide bonds. The molecule has 4 saturated heterocycles. The first-order chi connectivity index (χ1) is 25.3. The standard InChI is InChI=1S/C38H42N10O4/c39-25-1-4-31-30(18-25)35(43-42-31)24-7-10-40-33(17-24)47-15-13-46(14-16-47)27-21-44(22-27)20-23-8-11-45(12-9-23)26-2-3-28-29(19-26)38(52)48(37(28)51)32-5-6-34(49)41-36(32)50/h1-4,7,10,17-19,23,27,32H,5-6,8-9,11-16,20-22,39H2,(H,42,43)(H,41,49,50). The summed E-state index contributed by atoms with van der Waals surface area (Å²) in [7, 11) is 0. The molecular weight excluding hydrogens is 660 g/mol. The Bertz CT molecular complexity index is 2080. The lowest BCUT2D eigenvalue weighted by Crippen LogP contribution is -2.63. The topological polar surface area (TPSA) is 164 Å². The molecule has 2 aromatic heterocycles. The van der Waals surface area contributed by atoms with E-state index in [1.165, 1.54) is 0 Å². The van der Waals surface area contributed by atoms with Crippen molar-refractivity contribution in [2.24, 2.45) is 5.92 Å². The number of H-pyrrole nitrogens is 1. The Labute approximate surface area is 300 Å². The molecule has 14 nitrogen and oxygen atoms in total. The van der Waals surface area contributed by atoms with Gasteiger partial charge in [0, 0.05) is 99.9 Å². The van der Waals surface area contributed by atoms with Gasteiger partial charge in [0.2, 0.25) is 11.8 Å². The first-order valence-corrected chi connectivity index (χ1v) is 18.3. The number of rotatable bonds is 7. The Morgan fingerprint density at radius 2 is 1.60 bits per heavy atom. The van der Waals surface area contributed by atoms with Crippen LogP contribution in [-0.2, 0) is 9.59 Å². The summed E-state index contributed by atoms with van der Waals surface area (Å²) in [6.45, 7) is 9.01. The van der Waals surface area contributed by atoms with Crippen LogP contribution in [0.25, 0.3) is 22.2 Å². The summed E-state index contributed by atoms with van der Waals surface area (Å²) in [6.07, 6.45) is 4.27. The molecule has 2 aromatic carbocycles. The quantitative estimate of drug-likeness (QED) is 0.191. The van der Waals surface area contributed by atoms with Crippen LogP contribution >= 0.6 is 0 Å². The summed E-state index contributed by atoms with van der Waals surface area (Å²) in [5, 5.41) is 10.9. The number of piperidine rings is 2. The van der Waals surface area contributed by atoms with Gasteiger partial charge < -0.3 is 15.5 Å². The van der Waals surface area contributed by atoms with E-state index in [9.17, 15) is 19.2 Å². The fraction of sp³-hybridized carbons (Fsp3) is 0.421. The van der Waals surface area contributed by atoms with Gasteiger partial charge in [0.1, 0.15) is 17.6 Å². The summed E-state index contributed by atoms with van der Waals surface area (Å²) in [4.78, 5) is 66.0. The van der Waals surface area contributed by atoms with Crippen molar-refractivity contribution in [2.75, 3.05) is 74.4 Å². The number of amides is 4. The highest BCUT2D eigenvalue weighted by Crippen LogP contribution is 2.34. The van der Waals surface area contributed by atoms with E-state index < -0.39 is 23.8 Å². The van der Waals surface area contributed by atoms with Crippen molar-refractivity contribution >= 4 is 51.7 Å². The van der Waals surface area contributed by atoms with Gasteiger partial charge in [-0.25, -0.2) is 4.98 Å². The molecule has 4 N–H and O–H groups in total. The highest BCUT2D eigenvalue weighted by Gasteiger charge is 2.45. The maximum atomic E-state index is 13.3. The van der Waals surface area contributed by atoms with Gasteiger partial charge in [-0.05, 0) is 73.7 Å². The van der Waals surface area contributed by atoms with Crippen molar-refractivity contribution in [3.8, 4) is 11.3 Å². The number of nitrogens with one attached hydrogen (secondary N) is 2. The fourth-order valence-corrected chi connectivity index (χ4v) is 8.62. The number of nitrogen functional groups attached to an aromatic ring is 1. The number of aromatic nitrogens is 3. The number of hydrogen-bond donors (Lipinski definition) is 3. The zero-order valence-corrected chi connectivity index (χ0v) is 29.0. The number of anilines is 3. The second-order valence-corrected chi connectivity index (χ2v) is 14.8. The molecule has 5 aliphatic heterocycles. The van der Waals surface area contributed by atoms with E-state index in [2.05, 4.69) is 41.2 Å². The van der Waals surface area contributed by atoms with Crippen molar-refractivity contribution in [3.63, 3.8) is 0 Å². The molecule has 0 aliphatic carbocycles. The van der Waals surface area contributed by atoms with E-state index in [0.717, 1.165) is 116 Å². The zero-order valence-electron chi connectivity index (χ0n) is 29.0. The molecule has 14 heteroatoms. The lowest BCUT2D eigenvalue weighted by atomic mass is 9.93. The highest BCUT2D eigenvalue weighted by molar-refractivity contribution is 6.23. The number of piperazine rings is 1. The molecule has 0 bridgehead atoms. The average molecular weight is 703 g/mol. The molecule has 0 radical (unpaired) electrons. The minimum absolute atomic E-state index is 0.107. The number of nitrogens with two attached hydrogens (primary N) is 1. The van der Waals surface area contributed by atoms with E-state index in [0.29, 0.717) is 23.1 Å². The molecule has 4 aromatic rings. The Kier molecular flexibility index (Phi) is 8.15. The Hall–Kier alpha value is -5.34. The van der Waals surface area contributed by atoms with Crippen LogP contribution in [-0.4, -0.2) is 124 Å². The van der Waals surface area contributed by atoms with Crippen LogP contribution < -0.4 is 20.9 Å². The maximum absolute atomic E-state index is 13.3. The van der Waals surface area contributed by atoms with E-state index in [4.69, 9.17) is 10.7 Å². The maximum Gasteiger partial charge on any atom is 0.262 e. The summed E-state index contributed by atoms with van der Waals surface area (Å²) in [6, 6.07) is 15.0. The van der Waals surface area contributed by atoms with Gasteiger partial charge in [0.15, 0.2) is 0 Å². The number of carbonyl (C=O) groups is 4. The van der Waals surface area contributed by atoms with E-state index in [-0.39, 0.29) is 18.7 Å². The zero-order chi connectivity index (χ0) is 35.5. The molecule has 0 spiro atoms. The predicted molar refractivity (Wildman–Crippen MR) is 196 cm³/mol. The van der Waals surface area contributed by atoms with Gasteiger partial charge >= 0.3 is 0 Å². The van der Waals surface area contributed by atoms with Crippen LogP contribution in [0.15, 0.2) is 54.7 Å². The van der Waals surface area contributed by atoms with Gasteiger partial charge in [-0.2, -0.15) is 5.10 Å². The Balaban J connectivity index is 0.738. The number of aromatic amines is 1. The van der Waals surface area contributed by atoms with Crippen LogP contribution in [0.2, 0.25) is 0 Å². The molecule has 7 heterocycles. The first-order valence-electron chi connectivity index (χ1n) is 18.3. The molecule has 4 fully saturated rings. The average Bonchev–Trinajstić information content (AvgIpc) is 3.67. The number of benzene rings is 2. The van der Waals surface area contributed by atoms with Gasteiger partial charge in [-0.15, -0.1) is 0 Å². The summed E-state index contributed by atoms with van der Waals surface area (Å²) >= 11 is 0. The summed E-state index contributed by atoms with van der Waals surface area (Å²) < 4.78 is 0. The number of carbonyl (C=O) groups excluding carboxylic acids is 4. The molecular formula is C38H42N10O4. The third kappa shape index (κ3) is 5.85. The molecule has 9 rings (SSSR count). The summed E-state index contributed by atoms with van der Waals surface area (Å²) in [5.74, 6) is -0.300. The number of likely N-dealkylation sites (tertiary alicyclic amines) is 1. The highest BCUT2D eigenvalue weighted by atomic mass is 16.2. The largest absolute Gasteiger partial charge is 0.399 e. The van der Waals surface area contributed by atoms with Crippen molar-refractivity contribution in [1.29, 1.82) is 0 Å². The second-order valence-electron chi connectivity index (χ2n) is 14.8. The van der Waals surface area contributed by atoms with Gasteiger partial charge in [0.25, 0.3) is 11.8 Å². The fourth-order valence-electron chi connectivity index (χ4n) is 8.62. The number of hydrogen-bond acceptors (Lipinski definition) is 11. The van der Waals surface area contributed by atoms with E-state index in [1.54, 1.807) is 12.1 Å². The second kappa shape index (κ2) is 13.0. The van der Waals surface area contributed by atoms with Crippen LogP contribution in [0.3, 0.4) is 0 Å². The SMILES string of the molecule is Nc1ccc2[nH]nc(-c3ccnc(N4CCN(C5CN(CC6CCN(c7ccc8c(c7)C(=O)N(C7CCC(=O)NC7=O)C8=O)CC6)C5)CC4)c3)c2c1. The molecule has 52 heavy (non-hydrogen) atoms. The molecule has 1 unspecified atom stereocenters. The van der Waals surface area contributed by atoms with Crippen molar-refractivity contribution in [3.05, 3.63) is 65.9 Å². The monoisotopic (exact) mass is 702 g/mol.